The minimum absolute atomic E-state index is 0.0433. The third-order valence-electron chi connectivity index (χ3n) is 3.94. The van der Waals surface area contributed by atoms with Gasteiger partial charge in [-0.25, -0.2) is 0 Å². The molecule has 0 atom stereocenters. The highest BCUT2D eigenvalue weighted by atomic mass is 15.1. The molecule has 0 bridgehead atoms. The summed E-state index contributed by atoms with van der Waals surface area (Å²) in [4.78, 5) is 7.68. The number of aliphatic imine (C=N–C) groups is 2. The van der Waals surface area contributed by atoms with Gasteiger partial charge in [-0.15, -0.1) is 0 Å². The average Bonchev–Trinajstić information content (AvgIpc) is 2.62. The van der Waals surface area contributed by atoms with Gasteiger partial charge >= 0.3 is 0 Å². The highest BCUT2D eigenvalue weighted by Crippen LogP contribution is 2.09. The lowest BCUT2D eigenvalue weighted by atomic mass is 10.0. The fraction of sp³-hybridized carbons (Fsp3) is 0.909. The highest BCUT2D eigenvalue weighted by molar-refractivity contribution is 5.92. The van der Waals surface area contributed by atoms with Crippen LogP contribution in [-0.2, 0) is 0 Å². The first kappa shape index (κ1) is 31.4. The van der Waals surface area contributed by atoms with Gasteiger partial charge in [0.25, 0.3) is 0 Å². The van der Waals surface area contributed by atoms with E-state index in [9.17, 15) is 0 Å². The van der Waals surface area contributed by atoms with Crippen LogP contribution in [0.25, 0.3) is 0 Å². The van der Waals surface area contributed by atoms with Crippen molar-refractivity contribution in [1.29, 1.82) is 0 Å². The van der Waals surface area contributed by atoms with E-state index in [0.717, 1.165) is 24.8 Å². The minimum atomic E-state index is -0.0433. The first-order chi connectivity index (χ1) is 13.3. The topological polar surface area (TPSA) is 129 Å². The van der Waals surface area contributed by atoms with Crippen molar-refractivity contribution in [2.24, 2.45) is 44.8 Å². The maximum atomic E-state index is 5.46. The van der Waals surface area contributed by atoms with Crippen molar-refractivity contribution < 1.29 is 0 Å². The zero-order valence-corrected chi connectivity index (χ0v) is 19.8. The number of unbranched alkanes of at least 4 members (excludes halogenated alkanes) is 6. The van der Waals surface area contributed by atoms with Gasteiger partial charge in [0.1, 0.15) is 0 Å². The molecule has 0 aliphatic heterocycles. The molecule has 0 amide bonds. The summed E-state index contributed by atoms with van der Waals surface area (Å²) >= 11 is 0. The fourth-order valence-corrected chi connectivity index (χ4v) is 2.43. The van der Waals surface area contributed by atoms with Gasteiger partial charge in [-0.05, 0) is 31.2 Å². The van der Waals surface area contributed by atoms with Crippen LogP contribution in [-0.4, -0.2) is 25.0 Å². The van der Waals surface area contributed by atoms with Crippen LogP contribution >= 0.6 is 0 Å². The summed E-state index contributed by atoms with van der Waals surface area (Å²) in [6.45, 7) is 14.6. The standard InChI is InChI=1S/C11H25N5.C9H21N.C2H6/c1-9(2)7-5-3-4-6-8-15-11(14)16-10(12)13;1-9(2)7-5-3-4-6-8-10;1-2/h9H,3-8H2,1-2H3,(H6,12,13,14,15,16);9H,3-8,10H2,1-2H3;1-2H3. The van der Waals surface area contributed by atoms with Gasteiger partial charge < -0.3 is 22.9 Å². The molecule has 0 aromatic carbocycles. The predicted octanol–water partition coefficient (Wildman–Crippen LogP) is 4.76. The molecule has 0 fully saturated rings. The quantitative estimate of drug-likeness (QED) is 0.202. The molecule has 6 nitrogen and oxygen atoms in total. The number of hydrogen-bond acceptors (Lipinski definition) is 2. The lowest BCUT2D eigenvalue weighted by Crippen LogP contribution is -2.26. The maximum absolute atomic E-state index is 5.46. The van der Waals surface area contributed by atoms with Crippen LogP contribution in [0.4, 0.5) is 0 Å². The molecule has 28 heavy (non-hydrogen) atoms. The van der Waals surface area contributed by atoms with Crippen molar-refractivity contribution in [2.45, 2.75) is 106 Å². The minimum Gasteiger partial charge on any atom is -0.370 e. The Morgan fingerprint density at radius 1 is 0.679 bits per heavy atom. The van der Waals surface area contributed by atoms with Gasteiger partial charge in [-0.3, -0.25) is 4.99 Å². The normalized spacial score (nSPS) is 10.8. The van der Waals surface area contributed by atoms with Crippen molar-refractivity contribution in [3.05, 3.63) is 0 Å². The van der Waals surface area contributed by atoms with Gasteiger partial charge in [0, 0.05) is 6.54 Å². The molecule has 0 aromatic heterocycles. The molecular weight excluding hydrogens is 348 g/mol. The summed E-state index contributed by atoms with van der Waals surface area (Å²) in [6, 6.07) is 0. The molecule has 0 spiro atoms. The van der Waals surface area contributed by atoms with Crippen LogP contribution < -0.4 is 22.9 Å². The van der Waals surface area contributed by atoms with Crippen LogP contribution in [0.1, 0.15) is 106 Å². The number of nitrogens with two attached hydrogens (primary N) is 4. The number of nitrogens with zero attached hydrogens (tertiary/aromatic N) is 2. The highest BCUT2D eigenvalue weighted by Gasteiger charge is 1.95. The van der Waals surface area contributed by atoms with Crippen molar-refractivity contribution in [1.82, 2.24) is 0 Å². The molecule has 0 unspecified atom stereocenters. The Hall–Kier alpha value is -1.30. The molecular formula is C22H52N6. The second-order valence-corrected chi connectivity index (χ2v) is 7.76. The number of hydrogen-bond donors (Lipinski definition) is 4. The molecule has 0 aromatic rings. The van der Waals surface area contributed by atoms with Crippen LogP contribution in [0.3, 0.4) is 0 Å². The van der Waals surface area contributed by atoms with Crippen molar-refractivity contribution in [2.75, 3.05) is 13.1 Å². The van der Waals surface area contributed by atoms with Crippen molar-refractivity contribution >= 4 is 11.9 Å². The summed E-state index contributed by atoms with van der Waals surface area (Å²) in [7, 11) is 0. The fourth-order valence-electron chi connectivity index (χ4n) is 2.43. The van der Waals surface area contributed by atoms with Crippen LogP contribution in [0.2, 0.25) is 0 Å². The van der Waals surface area contributed by atoms with Gasteiger partial charge in [0.2, 0.25) is 5.96 Å². The SMILES string of the molecule is CC.CC(C)CCCCCCN.CC(C)CCCCCCN=C(N)N=C(N)N. The van der Waals surface area contributed by atoms with E-state index in [1.165, 1.54) is 57.8 Å². The van der Waals surface area contributed by atoms with Crippen molar-refractivity contribution in [3.8, 4) is 0 Å². The first-order valence-electron chi connectivity index (χ1n) is 11.4. The number of guanidine groups is 2. The Morgan fingerprint density at radius 3 is 1.50 bits per heavy atom. The summed E-state index contributed by atoms with van der Waals surface area (Å²) < 4.78 is 0. The van der Waals surface area contributed by atoms with Crippen molar-refractivity contribution in [3.63, 3.8) is 0 Å². The van der Waals surface area contributed by atoms with E-state index in [2.05, 4.69) is 37.7 Å². The third kappa shape index (κ3) is 35.7. The lowest BCUT2D eigenvalue weighted by molar-refractivity contribution is 0.521. The number of rotatable bonds is 13. The van der Waals surface area contributed by atoms with Gasteiger partial charge in [-0.2, -0.15) is 4.99 Å². The van der Waals surface area contributed by atoms with E-state index in [1.54, 1.807) is 0 Å². The summed E-state index contributed by atoms with van der Waals surface area (Å²) in [5.74, 6) is 1.80. The Morgan fingerprint density at radius 2 is 1.11 bits per heavy atom. The monoisotopic (exact) mass is 400 g/mol. The molecule has 0 rings (SSSR count). The average molecular weight is 401 g/mol. The Bertz CT molecular complexity index is 347. The van der Waals surface area contributed by atoms with Gasteiger partial charge in [-0.1, -0.05) is 92.9 Å². The van der Waals surface area contributed by atoms with Crippen LogP contribution in [0, 0.1) is 11.8 Å². The van der Waals surface area contributed by atoms with E-state index >= 15 is 0 Å². The largest absolute Gasteiger partial charge is 0.370 e. The predicted molar refractivity (Wildman–Crippen MR) is 129 cm³/mol. The Balaban J connectivity index is -0.000000447. The van der Waals surface area contributed by atoms with Crippen LogP contribution in [0.5, 0.6) is 0 Å². The van der Waals surface area contributed by atoms with E-state index in [-0.39, 0.29) is 11.9 Å². The summed E-state index contributed by atoms with van der Waals surface area (Å²) in [6.07, 6.45) is 12.8. The van der Waals surface area contributed by atoms with E-state index in [4.69, 9.17) is 22.9 Å². The molecule has 6 heteroatoms. The van der Waals surface area contributed by atoms with E-state index < -0.39 is 0 Å². The van der Waals surface area contributed by atoms with E-state index in [0.29, 0.717) is 6.54 Å². The molecule has 0 saturated heterocycles. The van der Waals surface area contributed by atoms with Gasteiger partial charge in [0.05, 0.1) is 0 Å². The maximum Gasteiger partial charge on any atom is 0.218 e. The Labute approximate surface area is 176 Å². The Kier molecular flexibility index (Phi) is 28.8. The molecule has 8 N–H and O–H groups in total. The smallest absolute Gasteiger partial charge is 0.218 e. The zero-order valence-electron chi connectivity index (χ0n) is 19.8. The zero-order chi connectivity index (χ0) is 22.2. The van der Waals surface area contributed by atoms with Gasteiger partial charge in [0.15, 0.2) is 5.96 Å². The summed E-state index contributed by atoms with van der Waals surface area (Å²) in [5.41, 5.74) is 21.1. The molecule has 170 valence electrons. The molecule has 0 aliphatic carbocycles. The second kappa shape index (κ2) is 25.7. The molecule has 0 heterocycles. The molecule has 0 saturated carbocycles. The third-order valence-corrected chi connectivity index (χ3v) is 3.94. The first-order valence-corrected chi connectivity index (χ1v) is 11.4. The lowest BCUT2D eigenvalue weighted by Gasteiger charge is -2.03. The second-order valence-electron chi connectivity index (χ2n) is 7.76. The summed E-state index contributed by atoms with van der Waals surface area (Å²) in [5, 5.41) is 0. The van der Waals surface area contributed by atoms with E-state index in [1.807, 2.05) is 13.8 Å². The van der Waals surface area contributed by atoms with Crippen LogP contribution in [0.15, 0.2) is 9.98 Å². The molecule has 0 aliphatic rings. The molecule has 0 radical (unpaired) electrons.